The van der Waals surface area contributed by atoms with Gasteiger partial charge in [-0.2, -0.15) is 0 Å². The summed E-state index contributed by atoms with van der Waals surface area (Å²) in [5, 5.41) is 19.2. The number of hydrogen-bond donors (Lipinski definition) is 2. The lowest BCUT2D eigenvalue weighted by Crippen LogP contribution is -2.69. The molecule has 0 unspecified atom stereocenters. The monoisotopic (exact) mass is 588 g/mol. The van der Waals surface area contributed by atoms with Crippen LogP contribution in [0.2, 0.25) is 0 Å². The maximum absolute atomic E-state index is 12.6. The van der Waals surface area contributed by atoms with Gasteiger partial charge in [-0.25, -0.2) is 0 Å². The van der Waals surface area contributed by atoms with Gasteiger partial charge in [0.05, 0.1) is 18.3 Å². The molecule has 0 heterocycles. The van der Waals surface area contributed by atoms with Gasteiger partial charge in [-0.3, -0.25) is 14.4 Å². The van der Waals surface area contributed by atoms with Crippen LogP contribution >= 0.6 is 12.2 Å². The Hall–Kier alpha value is -1.50. The minimum absolute atomic E-state index is 0.00553. The molecule has 230 valence electrons. The molecule has 0 radical (unpaired) electrons. The number of ether oxygens (including phenoxy) is 1. The Morgan fingerprint density at radius 3 is 2.12 bits per heavy atom. The molecule has 10 atom stereocenters. The third-order valence-electron chi connectivity index (χ3n) is 14.4. The molecule has 0 aliphatic heterocycles. The average molecular weight is 589 g/mol. The van der Waals surface area contributed by atoms with Crippen molar-refractivity contribution >= 4 is 35.0 Å². The minimum Gasteiger partial charge on any atom is -0.481 e. The van der Waals surface area contributed by atoms with Crippen LogP contribution in [0, 0.1) is 56.2 Å². The molecule has 0 saturated heterocycles. The number of carboxylic acid groups (broad SMARTS) is 2. The molecule has 0 amide bonds. The highest BCUT2D eigenvalue weighted by molar-refractivity contribution is 7.80. The van der Waals surface area contributed by atoms with Crippen LogP contribution in [0.5, 0.6) is 0 Å². The van der Waals surface area contributed by atoms with Gasteiger partial charge < -0.3 is 14.9 Å². The van der Waals surface area contributed by atoms with Crippen molar-refractivity contribution in [1.82, 2.24) is 0 Å². The van der Waals surface area contributed by atoms with Crippen LogP contribution in [-0.4, -0.2) is 39.1 Å². The predicted molar refractivity (Wildman–Crippen MR) is 161 cm³/mol. The van der Waals surface area contributed by atoms with Gasteiger partial charge in [0.25, 0.3) is 0 Å². The number of thiocarbonyl (C=S) groups is 1. The Bertz CT molecular complexity index is 1150. The van der Waals surface area contributed by atoms with Crippen LogP contribution in [-0.2, 0) is 19.1 Å². The van der Waals surface area contributed by atoms with Crippen molar-refractivity contribution in [3.05, 3.63) is 0 Å². The smallest absolute Gasteiger partial charge is 0.309 e. The molecule has 2 N–H and O–H groups in total. The molecule has 5 saturated carbocycles. The van der Waals surface area contributed by atoms with E-state index in [0.29, 0.717) is 23.7 Å². The van der Waals surface area contributed by atoms with Gasteiger partial charge in [0.2, 0.25) is 0 Å². The first-order valence-electron chi connectivity index (χ1n) is 16.0. The van der Waals surface area contributed by atoms with Crippen LogP contribution in [0.1, 0.15) is 126 Å². The topological polar surface area (TPSA) is 101 Å². The fraction of sp³-hybridized carbons (Fsp3) is 0.882. The number of carboxylic acids is 2. The van der Waals surface area contributed by atoms with E-state index in [4.69, 9.17) is 22.1 Å². The number of carbonyl (C=O) groups excluding carboxylic acids is 1. The maximum Gasteiger partial charge on any atom is 0.309 e. The summed E-state index contributed by atoms with van der Waals surface area (Å²) in [5.41, 5.74) is -0.580. The molecule has 5 aliphatic rings. The highest BCUT2D eigenvalue weighted by Gasteiger charge is 2.71. The molecule has 0 aromatic carbocycles. The van der Waals surface area contributed by atoms with Crippen molar-refractivity contribution in [2.45, 2.75) is 132 Å². The number of fused-ring (bicyclic) bond motifs is 7. The van der Waals surface area contributed by atoms with Gasteiger partial charge in [0.15, 0.2) is 0 Å². The number of rotatable bonds is 5. The summed E-state index contributed by atoms with van der Waals surface area (Å²) in [6.45, 7) is 16.4. The number of aliphatic carboxylic acids is 2. The first kappa shape index (κ1) is 30.9. The molecule has 0 aromatic heterocycles. The highest BCUT2D eigenvalue weighted by atomic mass is 32.1. The lowest BCUT2D eigenvalue weighted by atomic mass is 9.31. The zero-order valence-electron chi connectivity index (χ0n) is 26.3. The van der Waals surface area contributed by atoms with Crippen molar-refractivity contribution in [2.24, 2.45) is 56.2 Å². The van der Waals surface area contributed by atoms with E-state index in [9.17, 15) is 19.5 Å². The van der Waals surface area contributed by atoms with Gasteiger partial charge in [0.1, 0.15) is 6.10 Å². The number of hydrogen-bond acceptors (Lipinski definition) is 5. The Morgan fingerprint density at radius 2 is 1.49 bits per heavy atom. The molecule has 0 spiro atoms. The van der Waals surface area contributed by atoms with E-state index in [-0.39, 0.29) is 46.0 Å². The van der Waals surface area contributed by atoms with Gasteiger partial charge in [0, 0.05) is 11.3 Å². The first-order chi connectivity index (χ1) is 18.8. The Labute approximate surface area is 251 Å². The molecule has 0 bridgehead atoms. The fourth-order valence-corrected chi connectivity index (χ4v) is 12.4. The van der Waals surface area contributed by atoms with Gasteiger partial charge in [-0.15, -0.1) is 0 Å². The largest absolute Gasteiger partial charge is 0.481 e. The lowest BCUT2D eigenvalue weighted by Gasteiger charge is -2.73. The van der Waals surface area contributed by atoms with Crippen molar-refractivity contribution in [3.8, 4) is 0 Å². The summed E-state index contributed by atoms with van der Waals surface area (Å²) >= 11 is 6.45. The van der Waals surface area contributed by atoms with Crippen LogP contribution in [0.4, 0.5) is 0 Å². The van der Waals surface area contributed by atoms with E-state index in [1.807, 2.05) is 6.92 Å². The summed E-state index contributed by atoms with van der Waals surface area (Å²) in [6.07, 6.45) is 9.09. The average Bonchev–Trinajstić information content (AvgIpc) is 2.86. The molecule has 5 aliphatic carbocycles. The zero-order valence-corrected chi connectivity index (χ0v) is 27.1. The molecule has 5 rings (SSSR count). The van der Waals surface area contributed by atoms with Gasteiger partial charge in [-0.1, -0.05) is 53.8 Å². The van der Waals surface area contributed by atoms with E-state index < -0.39 is 23.3 Å². The van der Waals surface area contributed by atoms with E-state index in [2.05, 4.69) is 41.5 Å². The van der Waals surface area contributed by atoms with E-state index in [1.165, 1.54) is 11.3 Å². The van der Waals surface area contributed by atoms with Crippen LogP contribution < -0.4 is 0 Å². The predicted octanol–water partition coefficient (Wildman–Crippen LogP) is 7.71. The molecule has 0 aromatic rings. The second-order valence-corrected chi connectivity index (χ2v) is 17.2. The van der Waals surface area contributed by atoms with Crippen molar-refractivity contribution in [1.29, 1.82) is 0 Å². The quantitative estimate of drug-likeness (QED) is 0.251. The standard InChI is InChI=1S/C34H52O6S/c1-29(2)23-10-13-34(7)27(32(23,5)12-11-24(29)40-26(37)9-8-25(35)36)22(41)18-20-21-19-31(4,28(38)39)15-14-30(21,3)16-17-33(20,34)6/h20-21,23-24,27H,8-19H2,1-7H3,(H,35,36)(H,38,39)/t20-,21-,23-,24-,27+,30+,31-,32-,33+,34+/m0/s1. The van der Waals surface area contributed by atoms with Crippen LogP contribution in [0.3, 0.4) is 0 Å². The van der Waals surface area contributed by atoms with Gasteiger partial charge in [-0.05, 0) is 115 Å². The normalized spacial score (nSPS) is 48.6. The lowest BCUT2D eigenvalue weighted by molar-refractivity contribution is -0.226. The Balaban J connectivity index is 1.45. The van der Waals surface area contributed by atoms with Crippen molar-refractivity contribution < 1.29 is 29.3 Å². The number of carbonyl (C=O) groups is 3. The Morgan fingerprint density at radius 1 is 0.829 bits per heavy atom. The number of esters is 1. The molecule has 5 fully saturated rings. The molecular weight excluding hydrogens is 536 g/mol. The van der Waals surface area contributed by atoms with E-state index in [1.54, 1.807) is 0 Å². The third-order valence-corrected chi connectivity index (χ3v) is 14.8. The summed E-state index contributed by atoms with van der Waals surface area (Å²) < 4.78 is 5.97. The second kappa shape index (κ2) is 9.75. The van der Waals surface area contributed by atoms with Crippen LogP contribution in [0.15, 0.2) is 0 Å². The Kier molecular flexibility index (Phi) is 7.36. The van der Waals surface area contributed by atoms with Gasteiger partial charge >= 0.3 is 17.9 Å². The summed E-state index contributed by atoms with van der Waals surface area (Å²) in [4.78, 5) is 37.1. The van der Waals surface area contributed by atoms with E-state index in [0.717, 1.165) is 57.8 Å². The molecule has 7 heteroatoms. The highest BCUT2D eigenvalue weighted by Crippen LogP contribution is 2.76. The molecule has 6 nitrogen and oxygen atoms in total. The van der Waals surface area contributed by atoms with Crippen LogP contribution in [0.25, 0.3) is 0 Å². The molecular formula is C34H52O6S. The first-order valence-corrected chi connectivity index (χ1v) is 16.4. The van der Waals surface area contributed by atoms with Crippen molar-refractivity contribution in [3.63, 3.8) is 0 Å². The zero-order chi connectivity index (χ0) is 30.4. The summed E-state index contributed by atoms with van der Waals surface area (Å²) in [6, 6.07) is 0. The van der Waals surface area contributed by atoms with E-state index >= 15 is 0 Å². The minimum atomic E-state index is -0.981. The summed E-state index contributed by atoms with van der Waals surface area (Å²) in [7, 11) is 0. The van der Waals surface area contributed by atoms with Crippen molar-refractivity contribution in [2.75, 3.05) is 0 Å². The maximum atomic E-state index is 12.6. The molecule has 41 heavy (non-hydrogen) atoms. The summed E-state index contributed by atoms with van der Waals surface area (Å²) in [5.74, 6) is -0.619. The SMILES string of the molecule is CC1(C)[C@@H](OC(=O)CCC(=O)O)CC[C@]2(C)[C@H]3C(=S)C[C@H]4[C@@H]5C[C@@](C)(C(=O)O)CC[C@]5(C)CC[C@@]4(C)[C@]3(C)CC[C@@H]12. The fourth-order valence-electron chi connectivity index (χ4n) is 11.7. The third kappa shape index (κ3) is 4.44. The second-order valence-electron chi connectivity index (χ2n) is 16.7.